The number of unbranched alkanes of at least 4 members (excludes halogenated alkanes) is 1. The lowest BCUT2D eigenvalue weighted by Gasteiger charge is -1.95. The van der Waals surface area contributed by atoms with Crippen LogP contribution in [-0.4, -0.2) is 19.1 Å². The van der Waals surface area contributed by atoms with Crippen molar-refractivity contribution in [2.45, 2.75) is 19.4 Å². The van der Waals surface area contributed by atoms with Crippen LogP contribution in [0.15, 0.2) is 18.7 Å². The first-order chi connectivity index (χ1) is 6.18. The minimum atomic E-state index is -1.63. The molecule has 0 bridgehead atoms. The topological polar surface area (TPSA) is 46.1 Å². The number of hydrogen-bond donors (Lipinski definition) is 1. The van der Waals surface area contributed by atoms with Gasteiger partial charge in [0.1, 0.15) is 12.4 Å². The third-order valence-electron chi connectivity index (χ3n) is 1.81. The van der Waals surface area contributed by atoms with Gasteiger partial charge in [-0.25, -0.2) is 13.3 Å². The minimum Gasteiger partial charge on any atom is -0.306 e. The summed E-state index contributed by atoms with van der Waals surface area (Å²) < 4.78 is 22.9. The highest BCUT2D eigenvalue weighted by atomic mass is 32.2. The Morgan fingerprint density at radius 2 is 2.31 bits per heavy atom. The first kappa shape index (κ1) is 10.4. The van der Waals surface area contributed by atoms with Crippen molar-refractivity contribution in [3.8, 4) is 0 Å². The fourth-order valence-electron chi connectivity index (χ4n) is 1.15. The number of nitrogens with zero attached hydrogens (tertiary/aromatic N) is 2. The van der Waals surface area contributed by atoms with Crippen LogP contribution in [0.5, 0.6) is 0 Å². The molecule has 13 heavy (non-hydrogen) atoms. The number of aryl methyl sites for hydroxylation is 2. The Labute approximate surface area is 80.5 Å². The van der Waals surface area contributed by atoms with Gasteiger partial charge < -0.3 is 4.55 Å². The van der Waals surface area contributed by atoms with E-state index in [1.807, 2.05) is 30.3 Å². The molecule has 0 saturated carbocycles. The first-order valence-corrected chi connectivity index (χ1v) is 5.54. The molecule has 0 fully saturated rings. The lowest BCUT2D eigenvalue weighted by atomic mass is 10.3. The Kier molecular flexibility index (Phi) is 4.11. The number of rotatable bonds is 5. The quantitative estimate of drug-likeness (QED) is 0.425. The van der Waals surface area contributed by atoms with Gasteiger partial charge in [0, 0.05) is 5.75 Å². The van der Waals surface area contributed by atoms with Crippen LogP contribution in [0.2, 0.25) is 0 Å². The average Bonchev–Trinajstić information content (AvgIpc) is 2.45. The molecule has 0 aromatic carbocycles. The van der Waals surface area contributed by atoms with Crippen LogP contribution in [0.4, 0.5) is 0 Å². The van der Waals surface area contributed by atoms with E-state index in [-0.39, 0.29) is 0 Å². The number of imidazole rings is 1. The second-order valence-electron chi connectivity index (χ2n) is 3.05. The van der Waals surface area contributed by atoms with Gasteiger partial charge in [-0.2, -0.15) is 0 Å². The summed E-state index contributed by atoms with van der Waals surface area (Å²) in [6.45, 7) is 0.915. The third-order valence-corrected chi connectivity index (χ3v) is 2.45. The van der Waals surface area contributed by atoms with Gasteiger partial charge in [0.15, 0.2) is 11.1 Å². The van der Waals surface area contributed by atoms with Crippen molar-refractivity contribution in [1.82, 2.24) is 4.57 Å². The van der Waals surface area contributed by atoms with E-state index in [1.165, 1.54) is 0 Å². The van der Waals surface area contributed by atoms with Crippen molar-refractivity contribution in [2.24, 2.45) is 7.05 Å². The number of aromatic nitrogens is 2. The van der Waals surface area contributed by atoms with Gasteiger partial charge in [-0.1, -0.05) is 0 Å². The molecule has 1 aromatic heterocycles. The molecule has 5 heteroatoms. The third kappa shape index (κ3) is 4.19. The molecule has 1 N–H and O–H groups in total. The summed E-state index contributed by atoms with van der Waals surface area (Å²) in [7, 11) is 1.97. The van der Waals surface area contributed by atoms with E-state index in [4.69, 9.17) is 4.55 Å². The molecule has 0 saturated heterocycles. The molecule has 1 aromatic rings. The maximum atomic E-state index is 10.3. The summed E-state index contributed by atoms with van der Waals surface area (Å²) in [5.41, 5.74) is 0. The van der Waals surface area contributed by atoms with Crippen molar-refractivity contribution in [1.29, 1.82) is 0 Å². The fourth-order valence-corrected chi connectivity index (χ4v) is 1.60. The first-order valence-electron chi connectivity index (χ1n) is 4.27. The van der Waals surface area contributed by atoms with Crippen LogP contribution in [0.1, 0.15) is 12.8 Å². The zero-order chi connectivity index (χ0) is 9.68. The Morgan fingerprint density at radius 1 is 1.54 bits per heavy atom. The van der Waals surface area contributed by atoms with E-state index < -0.39 is 11.1 Å². The molecule has 0 aliphatic rings. The Balaban J connectivity index is 2.16. The Hall–Kier alpha value is -0.680. The molecular formula is C8H15N2O2S+. The smallest absolute Gasteiger partial charge is 0.243 e. The molecule has 0 aliphatic heterocycles. The van der Waals surface area contributed by atoms with Crippen LogP contribution in [-0.2, 0) is 24.7 Å². The highest BCUT2D eigenvalue weighted by Gasteiger charge is 2.00. The Bertz CT molecular complexity index is 285. The summed E-state index contributed by atoms with van der Waals surface area (Å²) in [6, 6.07) is 0. The van der Waals surface area contributed by atoms with Gasteiger partial charge in [-0.15, -0.1) is 0 Å². The average molecular weight is 203 g/mol. The van der Waals surface area contributed by atoms with Crippen LogP contribution in [0, 0.1) is 0 Å². The standard InChI is InChI=1S/C8H14N2O2S/c1-9-5-6-10(8-9)4-2-3-7-13(11)12/h5-6,8H,2-4,7H2,1H3/p+1. The highest BCUT2D eigenvalue weighted by molar-refractivity contribution is 7.79. The molecule has 1 rings (SSSR count). The molecule has 0 aliphatic carbocycles. The second kappa shape index (κ2) is 5.14. The summed E-state index contributed by atoms with van der Waals surface area (Å²) in [4.78, 5) is 0. The molecule has 0 radical (unpaired) electrons. The summed E-state index contributed by atoms with van der Waals surface area (Å²) in [5, 5.41) is 0. The molecule has 74 valence electrons. The molecule has 1 heterocycles. The molecule has 4 nitrogen and oxygen atoms in total. The van der Waals surface area contributed by atoms with Gasteiger partial charge in [-0.3, -0.25) is 0 Å². The summed E-state index contributed by atoms with van der Waals surface area (Å²) in [6.07, 6.45) is 7.71. The Morgan fingerprint density at radius 3 is 2.85 bits per heavy atom. The lowest BCUT2D eigenvalue weighted by Crippen LogP contribution is -2.23. The van der Waals surface area contributed by atoms with Crippen molar-refractivity contribution < 1.29 is 13.3 Å². The van der Waals surface area contributed by atoms with E-state index in [0.29, 0.717) is 5.75 Å². The molecule has 0 spiro atoms. The van der Waals surface area contributed by atoms with Gasteiger partial charge in [0.25, 0.3) is 0 Å². The fraction of sp³-hybridized carbons (Fsp3) is 0.625. The summed E-state index contributed by atoms with van der Waals surface area (Å²) in [5.74, 6) is 0.382. The minimum absolute atomic E-state index is 0.382. The van der Waals surface area contributed by atoms with E-state index in [0.717, 1.165) is 19.4 Å². The predicted octanol–water partition coefficient (Wildman–Crippen LogP) is 0.314. The molecule has 0 amide bonds. The van der Waals surface area contributed by atoms with Crippen LogP contribution in [0.25, 0.3) is 0 Å². The predicted molar refractivity (Wildman–Crippen MR) is 50.5 cm³/mol. The molecule has 1 atom stereocenters. The maximum Gasteiger partial charge on any atom is 0.243 e. The van der Waals surface area contributed by atoms with Gasteiger partial charge in [0.05, 0.1) is 13.6 Å². The van der Waals surface area contributed by atoms with Gasteiger partial charge in [0.2, 0.25) is 6.33 Å². The molecule has 1 unspecified atom stereocenters. The van der Waals surface area contributed by atoms with E-state index in [1.54, 1.807) is 0 Å². The normalized spacial score (nSPS) is 13.1. The van der Waals surface area contributed by atoms with E-state index in [2.05, 4.69) is 4.57 Å². The van der Waals surface area contributed by atoms with Crippen molar-refractivity contribution >= 4 is 11.1 Å². The zero-order valence-corrected chi connectivity index (χ0v) is 8.54. The van der Waals surface area contributed by atoms with Gasteiger partial charge in [-0.05, 0) is 12.8 Å². The van der Waals surface area contributed by atoms with Crippen molar-refractivity contribution in [3.05, 3.63) is 18.7 Å². The second-order valence-corrected chi connectivity index (χ2v) is 4.10. The molecular weight excluding hydrogens is 188 g/mol. The monoisotopic (exact) mass is 203 g/mol. The van der Waals surface area contributed by atoms with E-state index >= 15 is 0 Å². The lowest BCUT2D eigenvalue weighted by molar-refractivity contribution is -0.671. The summed E-state index contributed by atoms with van der Waals surface area (Å²) >= 11 is -1.63. The van der Waals surface area contributed by atoms with Crippen LogP contribution in [0.3, 0.4) is 0 Å². The van der Waals surface area contributed by atoms with Crippen LogP contribution < -0.4 is 4.57 Å². The van der Waals surface area contributed by atoms with E-state index in [9.17, 15) is 4.21 Å². The van der Waals surface area contributed by atoms with Crippen LogP contribution >= 0.6 is 0 Å². The highest BCUT2D eigenvalue weighted by Crippen LogP contribution is 1.95. The van der Waals surface area contributed by atoms with Gasteiger partial charge >= 0.3 is 0 Å². The zero-order valence-electron chi connectivity index (χ0n) is 7.72. The largest absolute Gasteiger partial charge is 0.306 e. The maximum absolute atomic E-state index is 10.3. The SMILES string of the molecule is C[n+]1ccn(CCCCS(=O)O)c1. The van der Waals surface area contributed by atoms with Crippen molar-refractivity contribution in [2.75, 3.05) is 5.75 Å². The number of hydrogen-bond acceptors (Lipinski definition) is 1. The van der Waals surface area contributed by atoms with Crippen molar-refractivity contribution in [3.63, 3.8) is 0 Å².